The number of carbonyl (C=O) groups is 1. The van der Waals surface area contributed by atoms with Gasteiger partial charge in [0.15, 0.2) is 11.5 Å². The van der Waals surface area contributed by atoms with Crippen molar-refractivity contribution in [1.82, 2.24) is 9.78 Å². The smallest absolute Gasteiger partial charge is 0.184 e. The molecule has 0 radical (unpaired) electrons. The summed E-state index contributed by atoms with van der Waals surface area (Å²) in [6.45, 7) is 4.46. The Balaban J connectivity index is 3.12. The number of Topliss-reactive ketones (excluding diaryl/α,β-unsaturated/α-hetero) is 1. The molecule has 1 rings (SSSR count). The van der Waals surface area contributed by atoms with E-state index in [1.807, 2.05) is 13.8 Å². The van der Waals surface area contributed by atoms with Gasteiger partial charge < -0.3 is 4.74 Å². The van der Waals surface area contributed by atoms with Crippen molar-refractivity contribution in [2.45, 2.75) is 26.8 Å². The SMILES string of the molecule is CCC(=O)c1c(OC)cnn1CC. The summed E-state index contributed by atoms with van der Waals surface area (Å²) in [6.07, 6.45) is 2.05. The quantitative estimate of drug-likeness (QED) is 0.663. The van der Waals surface area contributed by atoms with E-state index in [1.165, 1.54) is 0 Å². The summed E-state index contributed by atoms with van der Waals surface area (Å²) in [5, 5.41) is 4.05. The highest BCUT2D eigenvalue weighted by Crippen LogP contribution is 2.18. The zero-order valence-corrected chi connectivity index (χ0v) is 8.20. The summed E-state index contributed by atoms with van der Waals surface area (Å²) < 4.78 is 6.70. The molecule has 0 saturated carbocycles. The first-order valence-electron chi connectivity index (χ1n) is 4.37. The second-order valence-corrected chi connectivity index (χ2v) is 2.65. The topological polar surface area (TPSA) is 44.1 Å². The van der Waals surface area contributed by atoms with Gasteiger partial charge in [-0.3, -0.25) is 9.48 Å². The summed E-state index contributed by atoms with van der Waals surface area (Å²) in [7, 11) is 1.55. The van der Waals surface area contributed by atoms with Crippen LogP contribution < -0.4 is 4.74 Å². The van der Waals surface area contributed by atoms with E-state index in [0.29, 0.717) is 24.4 Å². The number of aryl methyl sites for hydroxylation is 1. The van der Waals surface area contributed by atoms with E-state index in [0.717, 1.165) is 0 Å². The Morgan fingerprint density at radius 1 is 1.62 bits per heavy atom. The van der Waals surface area contributed by atoms with Gasteiger partial charge in [-0.1, -0.05) is 6.92 Å². The minimum atomic E-state index is 0.0659. The highest BCUT2D eigenvalue weighted by molar-refractivity contribution is 5.96. The van der Waals surface area contributed by atoms with Crippen molar-refractivity contribution in [2.75, 3.05) is 7.11 Å². The summed E-state index contributed by atoms with van der Waals surface area (Å²) in [4.78, 5) is 11.5. The lowest BCUT2D eigenvalue weighted by Crippen LogP contribution is -2.09. The van der Waals surface area contributed by atoms with Gasteiger partial charge in [0.2, 0.25) is 0 Å². The monoisotopic (exact) mass is 182 g/mol. The predicted octanol–water partition coefficient (Wildman–Crippen LogP) is 1.50. The fourth-order valence-corrected chi connectivity index (χ4v) is 1.21. The zero-order chi connectivity index (χ0) is 9.84. The third-order valence-electron chi connectivity index (χ3n) is 1.91. The Morgan fingerprint density at radius 3 is 2.77 bits per heavy atom. The fraction of sp³-hybridized carbons (Fsp3) is 0.556. The normalized spacial score (nSPS) is 10.1. The lowest BCUT2D eigenvalue weighted by atomic mass is 10.2. The molecule has 1 aromatic heterocycles. The van der Waals surface area contributed by atoms with Crippen LogP contribution in [-0.4, -0.2) is 22.7 Å². The Morgan fingerprint density at radius 2 is 2.31 bits per heavy atom. The highest BCUT2D eigenvalue weighted by atomic mass is 16.5. The van der Waals surface area contributed by atoms with E-state index in [4.69, 9.17) is 4.74 Å². The Kier molecular flexibility index (Phi) is 3.06. The Bertz CT molecular complexity index is 283. The molecule has 1 heterocycles. The average molecular weight is 182 g/mol. The molecule has 13 heavy (non-hydrogen) atoms. The number of rotatable bonds is 4. The molecule has 4 heteroatoms. The lowest BCUT2D eigenvalue weighted by molar-refractivity contribution is 0.0975. The largest absolute Gasteiger partial charge is 0.493 e. The van der Waals surface area contributed by atoms with Gasteiger partial charge in [0.1, 0.15) is 5.69 Å². The first-order chi connectivity index (χ1) is 6.24. The van der Waals surface area contributed by atoms with Crippen molar-refractivity contribution in [3.8, 4) is 5.75 Å². The van der Waals surface area contributed by atoms with Crippen LogP contribution in [0.2, 0.25) is 0 Å². The highest BCUT2D eigenvalue weighted by Gasteiger charge is 2.16. The third-order valence-corrected chi connectivity index (χ3v) is 1.91. The van der Waals surface area contributed by atoms with Crippen LogP contribution in [0.15, 0.2) is 6.20 Å². The number of hydrogen-bond donors (Lipinski definition) is 0. The van der Waals surface area contributed by atoms with E-state index in [-0.39, 0.29) is 5.78 Å². The van der Waals surface area contributed by atoms with Crippen molar-refractivity contribution in [2.24, 2.45) is 0 Å². The van der Waals surface area contributed by atoms with Crippen LogP contribution in [-0.2, 0) is 6.54 Å². The molecule has 72 valence electrons. The maximum atomic E-state index is 11.5. The van der Waals surface area contributed by atoms with Crippen molar-refractivity contribution < 1.29 is 9.53 Å². The van der Waals surface area contributed by atoms with Crippen LogP contribution in [0.25, 0.3) is 0 Å². The molecule has 0 unspecified atom stereocenters. The number of hydrogen-bond acceptors (Lipinski definition) is 3. The summed E-state index contributed by atoms with van der Waals surface area (Å²) in [5.74, 6) is 0.630. The average Bonchev–Trinajstić information content (AvgIpc) is 2.59. The molecule has 0 aliphatic heterocycles. The number of carbonyl (C=O) groups excluding carboxylic acids is 1. The van der Waals surface area contributed by atoms with Gasteiger partial charge in [0, 0.05) is 13.0 Å². The summed E-state index contributed by atoms with van der Waals surface area (Å²) in [6, 6.07) is 0. The molecule has 0 fully saturated rings. The van der Waals surface area contributed by atoms with E-state index in [2.05, 4.69) is 5.10 Å². The number of ketones is 1. The maximum Gasteiger partial charge on any atom is 0.184 e. The minimum Gasteiger partial charge on any atom is -0.493 e. The van der Waals surface area contributed by atoms with Crippen LogP contribution in [0.3, 0.4) is 0 Å². The minimum absolute atomic E-state index is 0.0659. The number of methoxy groups -OCH3 is 1. The van der Waals surface area contributed by atoms with E-state index in [9.17, 15) is 4.79 Å². The number of nitrogens with zero attached hydrogens (tertiary/aromatic N) is 2. The molecule has 0 aliphatic carbocycles. The number of ether oxygens (including phenoxy) is 1. The van der Waals surface area contributed by atoms with Gasteiger partial charge in [-0.25, -0.2) is 0 Å². The Labute approximate surface area is 77.5 Å². The first-order valence-corrected chi connectivity index (χ1v) is 4.37. The van der Waals surface area contributed by atoms with Crippen molar-refractivity contribution in [3.63, 3.8) is 0 Å². The molecule has 0 N–H and O–H groups in total. The molecule has 0 aliphatic rings. The van der Waals surface area contributed by atoms with E-state index >= 15 is 0 Å². The molecule has 0 amide bonds. The van der Waals surface area contributed by atoms with Gasteiger partial charge in [-0.15, -0.1) is 0 Å². The van der Waals surface area contributed by atoms with E-state index in [1.54, 1.807) is 18.0 Å². The molecule has 0 bridgehead atoms. The second-order valence-electron chi connectivity index (χ2n) is 2.65. The summed E-state index contributed by atoms with van der Waals surface area (Å²) >= 11 is 0. The molecule has 1 aromatic rings. The van der Waals surface area contributed by atoms with E-state index < -0.39 is 0 Å². The van der Waals surface area contributed by atoms with Gasteiger partial charge in [-0.2, -0.15) is 5.10 Å². The van der Waals surface area contributed by atoms with Gasteiger partial charge in [-0.05, 0) is 6.92 Å². The third kappa shape index (κ3) is 1.71. The summed E-state index contributed by atoms with van der Waals surface area (Å²) in [5.41, 5.74) is 0.576. The molecule has 4 nitrogen and oxygen atoms in total. The van der Waals surface area contributed by atoms with Gasteiger partial charge in [0.05, 0.1) is 13.3 Å². The second kappa shape index (κ2) is 4.07. The first kappa shape index (κ1) is 9.77. The number of aromatic nitrogens is 2. The molecular weight excluding hydrogens is 168 g/mol. The van der Waals surface area contributed by atoms with Crippen LogP contribution in [0.1, 0.15) is 30.8 Å². The molecule has 0 saturated heterocycles. The fourth-order valence-electron chi connectivity index (χ4n) is 1.21. The Hall–Kier alpha value is -1.32. The van der Waals surface area contributed by atoms with Crippen molar-refractivity contribution in [3.05, 3.63) is 11.9 Å². The van der Waals surface area contributed by atoms with Crippen LogP contribution in [0.5, 0.6) is 5.75 Å². The maximum absolute atomic E-state index is 11.5. The lowest BCUT2D eigenvalue weighted by Gasteiger charge is -2.03. The van der Waals surface area contributed by atoms with Gasteiger partial charge >= 0.3 is 0 Å². The molecule has 0 atom stereocenters. The molecule has 0 spiro atoms. The van der Waals surface area contributed by atoms with Crippen LogP contribution in [0, 0.1) is 0 Å². The standard InChI is InChI=1S/C9H14N2O2/c1-4-7(12)9-8(13-3)6-10-11(9)5-2/h6H,4-5H2,1-3H3. The molecular formula is C9H14N2O2. The van der Waals surface area contributed by atoms with Crippen LogP contribution in [0.4, 0.5) is 0 Å². The van der Waals surface area contributed by atoms with Crippen molar-refractivity contribution >= 4 is 5.78 Å². The predicted molar refractivity (Wildman–Crippen MR) is 49.1 cm³/mol. The zero-order valence-electron chi connectivity index (χ0n) is 8.20. The van der Waals surface area contributed by atoms with Crippen molar-refractivity contribution in [1.29, 1.82) is 0 Å². The van der Waals surface area contributed by atoms with Crippen LogP contribution >= 0.6 is 0 Å². The van der Waals surface area contributed by atoms with Gasteiger partial charge in [0.25, 0.3) is 0 Å². The molecule has 0 aromatic carbocycles.